The quantitative estimate of drug-likeness (QED) is 0.896. The maximum Gasteiger partial charge on any atom is 0.418 e. The molecule has 0 aliphatic carbocycles. The fourth-order valence-corrected chi connectivity index (χ4v) is 2.35. The molecule has 0 aromatic heterocycles. The van der Waals surface area contributed by atoms with E-state index in [1.165, 1.54) is 6.07 Å². The first-order chi connectivity index (χ1) is 8.52. The van der Waals surface area contributed by atoms with Gasteiger partial charge in [-0.3, -0.25) is 0 Å². The van der Waals surface area contributed by atoms with Crippen molar-refractivity contribution in [3.05, 3.63) is 29.3 Å². The van der Waals surface area contributed by atoms with Crippen molar-refractivity contribution in [1.29, 1.82) is 0 Å². The monoisotopic (exact) mass is 258 g/mol. The lowest BCUT2D eigenvalue weighted by molar-refractivity contribution is -0.137. The van der Waals surface area contributed by atoms with Crippen molar-refractivity contribution in [1.82, 2.24) is 5.32 Å². The van der Waals surface area contributed by atoms with Gasteiger partial charge in [0, 0.05) is 25.3 Å². The summed E-state index contributed by atoms with van der Waals surface area (Å²) in [7, 11) is 1.78. The minimum absolute atomic E-state index is 0.327. The van der Waals surface area contributed by atoms with Crippen LogP contribution >= 0.6 is 0 Å². The molecule has 1 fully saturated rings. The van der Waals surface area contributed by atoms with Gasteiger partial charge in [0.1, 0.15) is 0 Å². The average Bonchev–Trinajstić information content (AvgIpc) is 2.81. The molecule has 0 bridgehead atoms. The molecule has 0 unspecified atom stereocenters. The Hall–Kier alpha value is -1.23. The molecule has 5 heteroatoms. The van der Waals surface area contributed by atoms with Crippen LogP contribution in [0.4, 0.5) is 18.9 Å². The van der Waals surface area contributed by atoms with Gasteiger partial charge < -0.3 is 10.2 Å². The van der Waals surface area contributed by atoms with Gasteiger partial charge in [0.15, 0.2) is 0 Å². The summed E-state index contributed by atoms with van der Waals surface area (Å²) < 4.78 is 38.9. The number of rotatable bonds is 3. The number of nitrogens with zero attached hydrogens (tertiary/aromatic N) is 1. The van der Waals surface area contributed by atoms with E-state index >= 15 is 0 Å². The molecule has 0 atom stereocenters. The van der Waals surface area contributed by atoms with Crippen LogP contribution in [0.2, 0.25) is 0 Å². The zero-order valence-electron chi connectivity index (χ0n) is 10.3. The van der Waals surface area contributed by atoms with Crippen LogP contribution in [0.3, 0.4) is 0 Å². The zero-order valence-corrected chi connectivity index (χ0v) is 10.3. The third kappa shape index (κ3) is 2.77. The maximum atomic E-state index is 13.0. The van der Waals surface area contributed by atoms with Crippen LogP contribution in [-0.4, -0.2) is 20.1 Å². The Balaban J connectivity index is 2.39. The summed E-state index contributed by atoms with van der Waals surface area (Å²) in [6, 6.07) is 4.39. The SMILES string of the molecule is CNCc1ccc(C(F)(F)F)c(N2CCCC2)c1. The molecule has 0 saturated carbocycles. The van der Waals surface area contributed by atoms with E-state index in [4.69, 9.17) is 0 Å². The molecule has 0 spiro atoms. The van der Waals surface area contributed by atoms with Crippen LogP contribution in [0.5, 0.6) is 0 Å². The van der Waals surface area contributed by atoms with E-state index in [1.807, 2.05) is 4.90 Å². The van der Waals surface area contributed by atoms with Crippen LogP contribution in [-0.2, 0) is 12.7 Å². The highest BCUT2D eigenvalue weighted by molar-refractivity contribution is 5.57. The Bertz CT molecular complexity index is 409. The molecule has 1 aromatic rings. The fraction of sp³-hybridized carbons (Fsp3) is 0.538. The van der Waals surface area contributed by atoms with Crippen molar-refractivity contribution in [2.45, 2.75) is 25.6 Å². The minimum Gasteiger partial charge on any atom is -0.371 e. The van der Waals surface area contributed by atoms with Gasteiger partial charge in [-0.2, -0.15) is 13.2 Å². The molecule has 1 aliphatic heterocycles. The summed E-state index contributed by atoms with van der Waals surface area (Å²) in [6.45, 7) is 2.01. The third-order valence-electron chi connectivity index (χ3n) is 3.20. The third-order valence-corrected chi connectivity index (χ3v) is 3.20. The minimum atomic E-state index is -4.28. The van der Waals surface area contributed by atoms with Gasteiger partial charge in [0.05, 0.1) is 5.56 Å². The molecule has 1 heterocycles. The van der Waals surface area contributed by atoms with Gasteiger partial charge >= 0.3 is 6.18 Å². The van der Waals surface area contributed by atoms with Crippen LogP contribution in [0.15, 0.2) is 18.2 Å². The molecule has 1 aliphatic rings. The van der Waals surface area contributed by atoms with Crippen LogP contribution < -0.4 is 10.2 Å². The van der Waals surface area contributed by atoms with E-state index in [9.17, 15) is 13.2 Å². The second-order valence-corrected chi connectivity index (χ2v) is 4.57. The van der Waals surface area contributed by atoms with E-state index in [2.05, 4.69) is 5.32 Å². The van der Waals surface area contributed by atoms with E-state index < -0.39 is 11.7 Å². The van der Waals surface area contributed by atoms with Crippen LogP contribution in [0.1, 0.15) is 24.0 Å². The first-order valence-corrected chi connectivity index (χ1v) is 6.12. The Kier molecular flexibility index (Phi) is 3.80. The highest BCUT2D eigenvalue weighted by Gasteiger charge is 2.35. The van der Waals surface area contributed by atoms with Crippen molar-refractivity contribution >= 4 is 5.69 Å². The number of benzene rings is 1. The van der Waals surface area contributed by atoms with Crippen LogP contribution in [0, 0.1) is 0 Å². The van der Waals surface area contributed by atoms with Crippen molar-refractivity contribution < 1.29 is 13.2 Å². The molecular formula is C13H17F3N2. The summed E-state index contributed by atoms with van der Waals surface area (Å²) in [4.78, 5) is 1.84. The van der Waals surface area contributed by atoms with Crippen molar-refractivity contribution in [2.24, 2.45) is 0 Å². The largest absolute Gasteiger partial charge is 0.418 e. The number of hydrogen-bond donors (Lipinski definition) is 1. The zero-order chi connectivity index (χ0) is 13.2. The van der Waals surface area contributed by atoms with Gasteiger partial charge in [-0.15, -0.1) is 0 Å². The first-order valence-electron chi connectivity index (χ1n) is 6.12. The van der Waals surface area contributed by atoms with E-state index in [0.717, 1.165) is 18.4 Å². The van der Waals surface area contributed by atoms with Crippen LogP contribution in [0.25, 0.3) is 0 Å². The Labute approximate surface area is 105 Å². The molecular weight excluding hydrogens is 241 g/mol. The van der Waals surface area contributed by atoms with E-state index in [1.54, 1.807) is 19.2 Å². The Morgan fingerprint density at radius 1 is 1.22 bits per heavy atom. The molecule has 1 N–H and O–H groups in total. The summed E-state index contributed by atoms with van der Waals surface area (Å²) in [5.41, 5.74) is 0.685. The van der Waals surface area contributed by atoms with Crippen molar-refractivity contribution in [2.75, 3.05) is 25.0 Å². The second kappa shape index (κ2) is 5.18. The molecule has 2 rings (SSSR count). The predicted octanol–water partition coefficient (Wildman–Crippen LogP) is 3.03. The Morgan fingerprint density at radius 3 is 2.44 bits per heavy atom. The van der Waals surface area contributed by atoms with Crippen molar-refractivity contribution in [3.8, 4) is 0 Å². The normalized spacial score (nSPS) is 16.3. The maximum absolute atomic E-state index is 13.0. The summed E-state index contributed by atoms with van der Waals surface area (Å²) in [5.74, 6) is 0. The lowest BCUT2D eigenvalue weighted by Crippen LogP contribution is -2.22. The smallest absolute Gasteiger partial charge is 0.371 e. The molecule has 2 nitrogen and oxygen atoms in total. The lowest BCUT2D eigenvalue weighted by Gasteiger charge is -2.23. The highest BCUT2D eigenvalue weighted by Crippen LogP contribution is 2.38. The molecule has 1 saturated heterocycles. The summed E-state index contributed by atoms with van der Waals surface area (Å²) in [5, 5.41) is 2.96. The second-order valence-electron chi connectivity index (χ2n) is 4.57. The van der Waals surface area contributed by atoms with Crippen molar-refractivity contribution in [3.63, 3.8) is 0 Å². The topological polar surface area (TPSA) is 15.3 Å². The van der Waals surface area contributed by atoms with Gasteiger partial charge in [-0.05, 0) is 37.6 Å². The molecule has 1 aromatic carbocycles. The molecule has 0 amide bonds. The van der Waals surface area contributed by atoms with Gasteiger partial charge in [0.2, 0.25) is 0 Å². The number of nitrogens with one attached hydrogen (secondary N) is 1. The summed E-state index contributed by atoms with van der Waals surface area (Å²) in [6.07, 6.45) is -2.35. The fourth-order valence-electron chi connectivity index (χ4n) is 2.35. The van der Waals surface area contributed by atoms with Gasteiger partial charge in [-0.1, -0.05) is 6.07 Å². The number of halogens is 3. The predicted molar refractivity (Wildman–Crippen MR) is 65.7 cm³/mol. The number of anilines is 1. The standard InChI is InChI=1S/C13H17F3N2/c1-17-9-10-4-5-11(13(14,15)16)12(8-10)18-6-2-3-7-18/h4-5,8,17H,2-3,6-7,9H2,1H3. The van der Waals surface area contributed by atoms with Gasteiger partial charge in [-0.25, -0.2) is 0 Å². The molecule has 18 heavy (non-hydrogen) atoms. The number of alkyl halides is 3. The summed E-state index contributed by atoms with van der Waals surface area (Å²) >= 11 is 0. The molecule has 100 valence electrons. The number of hydrogen-bond acceptors (Lipinski definition) is 2. The molecule has 0 radical (unpaired) electrons. The lowest BCUT2D eigenvalue weighted by atomic mass is 10.1. The van der Waals surface area contributed by atoms with E-state index in [0.29, 0.717) is 25.3 Å². The highest BCUT2D eigenvalue weighted by atomic mass is 19.4. The van der Waals surface area contributed by atoms with Gasteiger partial charge in [0.25, 0.3) is 0 Å². The first kappa shape index (κ1) is 13.2. The van der Waals surface area contributed by atoms with E-state index in [-0.39, 0.29) is 0 Å². The average molecular weight is 258 g/mol. The Morgan fingerprint density at radius 2 is 1.89 bits per heavy atom.